The quantitative estimate of drug-likeness (QED) is 0.827. The zero-order valence-corrected chi connectivity index (χ0v) is 10.4. The first-order valence-electron chi connectivity index (χ1n) is 5.72. The van der Waals surface area contributed by atoms with Crippen LogP contribution in [0.25, 0.3) is 0 Å². The van der Waals surface area contributed by atoms with Gasteiger partial charge in [-0.15, -0.1) is 0 Å². The lowest BCUT2D eigenvalue weighted by Crippen LogP contribution is -2.22. The van der Waals surface area contributed by atoms with Crippen LogP contribution in [0, 0.1) is 5.82 Å². The predicted molar refractivity (Wildman–Crippen MR) is 68.3 cm³/mol. The van der Waals surface area contributed by atoms with Crippen LogP contribution in [0.3, 0.4) is 0 Å². The molecule has 2 N–H and O–H groups in total. The van der Waals surface area contributed by atoms with Gasteiger partial charge in [0.15, 0.2) is 0 Å². The molecule has 2 amide bonds. The third-order valence-electron chi connectivity index (χ3n) is 2.45. The lowest BCUT2D eigenvalue weighted by Gasteiger charge is -2.13. The number of anilines is 2. The SMILES string of the molecule is O=C(Nc1ccc(F)cn1)Nc1ccccc1C(F)(F)F. The Labute approximate surface area is 116 Å². The summed E-state index contributed by atoms with van der Waals surface area (Å²) in [5.74, 6) is -0.582. The van der Waals surface area contributed by atoms with Crippen molar-refractivity contribution >= 4 is 17.5 Å². The van der Waals surface area contributed by atoms with E-state index in [1.54, 1.807) is 0 Å². The third kappa shape index (κ3) is 3.91. The highest BCUT2D eigenvalue weighted by atomic mass is 19.4. The number of pyridine rings is 1. The fraction of sp³-hybridized carbons (Fsp3) is 0.0769. The number of halogens is 4. The van der Waals surface area contributed by atoms with Gasteiger partial charge in [-0.3, -0.25) is 5.32 Å². The minimum Gasteiger partial charge on any atom is -0.307 e. The number of para-hydroxylation sites is 1. The van der Waals surface area contributed by atoms with Crippen molar-refractivity contribution in [3.8, 4) is 0 Å². The summed E-state index contributed by atoms with van der Waals surface area (Å²) in [5, 5.41) is 4.28. The Balaban J connectivity index is 2.11. The summed E-state index contributed by atoms with van der Waals surface area (Å²) >= 11 is 0. The minimum absolute atomic E-state index is 0.0124. The smallest absolute Gasteiger partial charge is 0.307 e. The molecule has 0 atom stereocenters. The van der Waals surface area contributed by atoms with Crippen LogP contribution < -0.4 is 10.6 Å². The average molecular weight is 299 g/mol. The van der Waals surface area contributed by atoms with Crippen molar-refractivity contribution in [3.63, 3.8) is 0 Å². The Kier molecular flexibility index (Phi) is 4.06. The maximum absolute atomic E-state index is 12.7. The zero-order chi connectivity index (χ0) is 15.5. The number of hydrogen-bond acceptors (Lipinski definition) is 2. The minimum atomic E-state index is -4.59. The molecule has 0 aliphatic heterocycles. The fourth-order valence-corrected chi connectivity index (χ4v) is 1.56. The van der Waals surface area contributed by atoms with E-state index in [0.717, 1.165) is 24.4 Å². The second-order valence-corrected chi connectivity index (χ2v) is 3.98. The summed E-state index contributed by atoms with van der Waals surface area (Å²) in [6, 6.07) is 5.89. The number of alkyl halides is 3. The van der Waals surface area contributed by atoms with Crippen molar-refractivity contribution in [2.45, 2.75) is 6.18 Å². The van der Waals surface area contributed by atoms with Crippen LogP contribution >= 0.6 is 0 Å². The van der Waals surface area contributed by atoms with Crippen LogP contribution in [-0.4, -0.2) is 11.0 Å². The molecule has 0 spiro atoms. The summed E-state index contributed by atoms with van der Waals surface area (Å²) in [6.45, 7) is 0. The number of urea groups is 1. The number of carbonyl (C=O) groups excluding carboxylic acids is 1. The van der Waals surface area contributed by atoms with Gasteiger partial charge in [0, 0.05) is 0 Å². The van der Waals surface area contributed by atoms with Gasteiger partial charge in [-0.1, -0.05) is 12.1 Å². The van der Waals surface area contributed by atoms with Crippen LogP contribution in [0.5, 0.6) is 0 Å². The van der Waals surface area contributed by atoms with Gasteiger partial charge >= 0.3 is 12.2 Å². The summed E-state index contributed by atoms with van der Waals surface area (Å²) in [4.78, 5) is 15.2. The number of nitrogens with one attached hydrogen (secondary N) is 2. The van der Waals surface area contributed by atoms with Crippen molar-refractivity contribution in [3.05, 3.63) is 54.0 Å². The van der Waals surface area contributed by atoms with Crippen LogP contribution in [0.1, 0.15) is 5.56 Å². The molecular formula is C13H9F4N3O. The highest BCUT2D eigenvalue weighted by Crippen LogP contribution is 2.34. The second kappa shape index (κ2) is 5.78. The van der Waals surface area contributed by atoms with E-state index in [1.165, 1.54) is 18.2 Å². The molecule has 1 heterocycles. The highest BCUT2D eigenvalue weighted by molar-refractivity contribution is 5.99. The van der Waals surface area contributed by atoms with Gasteiger partial charge in [0.2, 0.25) is 0 Å². The molecule has 0 fully saturated rings. The fourth-order valence-electron chi connectivity index (χ4n) is 1.56. The third-order valence-corrected chi connectivity index (χ3v) is 2.45. The molecule has 8 heteroatoms. The molecule has 0 saturated heterocycles. The molecule has 1 aromatic carbocycles. The molecule has 4 nitrogen and oxygen atoms in total. The summed E-state index contributed by atoms with van der Waals surface area (Å²) in [6.07, 6.45) is -3.71. The summed E-state index contributed by atoms with van der Waals surface area (Å²) < 4.78 is 50.9. The lowest BCUT2D eigenvalue weighted by molar-refractivity contribution is -0.136. The van der Waals surface area contributed by atoms with Gasteiger partial charge in [0.25, 0.3) is 0 Å². The van der Waals surface area contributed by atoms with E-state index in [-0.39, 0.29) is 11.5 Å². The first-order valence-corrected chi connectivity index (χ1v) is 5.72. The number of amides is 2. The topological polar surface area (TPSA) is 54.0 Å². The maximum atomic E-state index is 12.7. The van der Waals surface area contributed by atoms with E-state index in [2.05, 4.69) is 15.6 Å². The van der Waals surface area contributed by atoms with Gasteiger partial charge in [-0.05, 0) is 24.3 Å². The van der Waals surface area contributed by atoms with E-state index in [4.69, 9.17) is 0 Å². The van der Waals surface area contributed by atoms with E-state index in [0.29, 0.717) is 0 Å². The molecule has 2 rings (SSSR count). The van der Waals surface area contributed by atoms with Crippen molar-refractivity contribution in [2.75, 3.05) is 10.6 Å². The van der Waals surface area contributed by atoms with Gasteiger partial charge in [0.05, 0.1) is 17.4 Å². The molecule has 2 aromatic rings. The van der Waals surface area contributed by atoms with E-state index >= 15 is 0 Å². The maximum Gasteiger partial charge on any atom is 0.418 e. The predicted octanol–water partition coefficient (Wildman–Crippen LogP) is 3.88. The number of benzene rings is 1. The van der Waals surface area contributed by atoms with Crippen LogP contribution in [0.15, 0.2) is 42.6 Å². The molecule has 0 saturated carbocycles. The molecule has 0 bridgehead atoms. The molecule has 110 valence electrons. The number of aromatic nitrogens is 1. The largest absolute Gasteiger partial charge is 0.418 e. The molecule has 0 radical (unpaired) electrons. The van der Waals surface area contributed by atoms with Crippen LogP contribution in [0.4, 0.5) is 33.9 Å². The van der Waals surface area contributed by atoms with Crippen LogP contribution in [-0.2, 0) is 6.18 Å². The van der Waals surface area contributed by atoms with Crippen LogP contribution in [0.2, 0.25) is 0 Å². The Bertz CT molecular complexity index is 641. The summed E-state index contributed by atoms with van der Waals surface area (Å²) in [7, 11) is 0. The molecule has 21 heavy (non-hydrogen) atoms. The lowest BCUT2D eigenvalue weighted by atomic mass is 10.1. The Morgan fingerprint density at radius 1 is 1.05 bits per heavy atom. The van der Waals surface area contributed by atoms with E-state index in [9.17, 15) is 22.4 Å². The molecular weight excluding hydrogens is 290 g/mol. The monoisotopic (exact) mass is 299 g/mol. The van der Waals surface area contributed by atoms with Crippen molar-refractivity contribution in [1.82, 2.24) is 4.98 Å². The summed E-state index contributed by atoms with van der Waals surface area (Å²) in [5.41, 5.74) is -1.35. The molecule has 0 aliphatic carbocycles. The Morgan fingerprint density at radius 2 is 1.76 bits per heavy atom. The Morgan fingerprint density at radius 3 is 2.38 bits per heavy atom. The Hall–Kier alpha value is -2.64. The standard InChI is InChI=1S/C13H9F4N3O/c14-8-5-6-11(18-7-8)20-12(21)19-10-4-2-1-3-9(10)13(15,16)17/h1-7H,(H2,18,19,20,21). The average Bonchev–Trinajstić information content (AvgIpc) is 2.41. The first kappa shape index (κ1) is 14.8. The molecule has 0 unspecified atom stereocenters. The van der Waals surface area contributed by atoms with Gasteiger partial charge in [-0.2, -0.15) is 13.2 Å². The molecule has 0 aliphatic rings. The second-order valence-electron chi connectivity index (χ2n) is 3.98. The van der Waals surface area contributed by atoms with Gasteiger partial charge < -0.3 is 5.32 Å². The van der Waals surface area contributed by atoms with E-state index in [1.807, 2.05) is 0 Å². The zero-order valence-electron chi connectivity index (χ0n) is 10.4. The van der Waals surface area contributed by atoms with Crippen molar-refractivity contribution < 1.29 is 22.4 Å². The first-order chi connectivity index (χ1) is 9.86. The normalized spacial score (nSPS) is 11.0. The molecule has 1 aromatic heterocycles. The van der Waals surface area contributed by atoms with Gasteiger partial charge in [-0.25, -0.2) is 14.2 Å². The van der Waals surface area contributed by atoms with E-state index < -0.39 is 23.6 Å². The van der Waals surface area contributed by atoms with Crippen molar-refractivity contribution in [2.24, 2.45) is 0 Å². The number of nitrogens with zero attached hydrogens (tertiary/aromatic N) is 1. The van der Waals surface area contributed by atoms with Gasteiger partial charge in [0.1, 0.15) is 11.6 Å². The number of hydrogen-bond donors (Lipinski definition) is 2. The van der Waals surface area contributed by atoms with Crippen molar-refractivity contribution in [1.29, 1.82) is 0 Å². The number of carbonyl (C=O) groups is 1. The number of rotatable bonds is 2. The highest BCUT2D eigenvalue weighted by Gasteiger charge is 2.33.